The van der Waals surface area contributed by atoms with Crippen molar-refractivity contribution in [3.05, 3.63) is 63.9 Å². The number of ether oxygens (including phenoxy) is 2. The Morgan fingerprint density at radius 3 is 2.64 bits per heavy atom. The van der Waals surface area contributed by atoms with Crippen molar-refractivity contribution in [3.63, 3.8) is 0 Å². The second-order valence-corrected chi connectivity index (χ2v) is 9.54. The van der Waals surface area contributed by atoms with Crippen molar-refractivity contribution in [2.45, 2.75) is 19.4 Å². The Balaban J connectivity index is 1.41. The molecule has 1 aliphatic heterocycles. The largest absolute Gasteiger partial charge is 0.481 e. The van der Waals surface area contributed by atoms with E-state index in [-0.39, 0.29) is 24.1 Å². The molecule has 36 heavy (non-hydrogen) atoms. The lowest BCUT2D eigenvalue weighted by Crippen LogP contribution is -2.52. The number of methoxy groups -OCH3 is 2. The standard InChI is InChI=1S/C25H27Cl2N5O4/c1-35-15-25(24(34)29-13-16-4-3-5-17(26)10-16)6-8-32(9-7-25)23(33)21-12-20(30-31-21)18-11-22(36-2)28-14-19(18)27/h3-5,10-12,14H,6-9,13,15H2,1-2H3,(H,29,34)(H,30,31). The van der Waals surface area contributed by atoms with Gasteiger partial charge in [0.2, 0.25) is 11.8 Å². The van der Waals surface area contributed by atoms with Crippen molar-refractivity contribution in [2.24, 2.45) is 5.41 Å². The van der Waals surface area contributed by atoms with Gasteiger partial charge in [0, 0.05) is 43.4 Å². The summed E-state index contributed by atoms with van der Waals surface area (Å²) in [5.74, 6) is 0.0794. The molecular formula is C25H27Cl2N5O4. The number of rotatable bonds is 8. The number of carbonyl (C=O) groups excluding carboxylic acids is 2. The van der Waals surface area contributed by atoms with Gasteiger partial charge >= 0.3 is 0 Å². The van der Waals surface area contributed by atoms with Crippen LogP contribution in [0.4, 0.5) is 0 Å². The highest BCUT2D eigenvalue weighted by Gasteiger charge is 2.42. The molecule has 2 N–H and O–H groups in total. The third-order valence-electron chi connectivity index (χ3n) is 6.38. The molecule has 2 amide bonds. The van der Waals surface area contributed by atoms with Gasteiger partial charge < -0.3 is 19.7 Å². The number of pyridine rings is 1. The van der Waals surface area contributed by atoms with Gasteiger partial charge in [-0.3, -0.25) is 14.7 Å². The number of benzene rings is 1. The number of hydrogen-bond donors (Lipinski definition) is 2. The molecule has 2 aromatic heterocycles. The molecule has 0 spiro atoms. The third kappa shape index (κ3) is 5.64. The van der Waals surface area contributed by atoms with Crippen molar-refractivity contribution in [1.29, 1.82) is 0 Å². The third-order valence-corrected chi connectivity index (χ3v) is 6.91. The molecule has 1 saturated heterocycles. The lowest BCUT2D eigenvalue weighted by Gasteiger charge is -2.40. The van der Waals surface area contributed by atoms with E-state index in [2.05, 4.69) is 20.5 Å². The van der Waals surface area contributed by atoms with Crippen LogP contribution in [-0.4, -0.2) is 65.8 Å². The molecule has 0 radical (unpaired) electrons. The predicted molar refractivity (Wildman–Crippen MR) is 136 cm³/mol. The van der Waals surface area contributed by atoms with Crippen LogP contribution in [0.2, 0.25) is 10.0 Å². The van der Waals surface area contributed by atoms with E-state index >= 15 is 0 Å². The number of hydrogen-bond acceptors (Lipinski definition) is 6. The zero-order chi connectivity index (χ0) is 25.7. The second kappa shape index (κ2) is 11.3. The van der Waals surface area contributed by atoms with Crippen LogP contribution in [-0.2, 0) is 16.1 Å². The number of amides is 2. The van der Waals surface area contributed by atoms with Gasteiger partial charge in [-0.2, -0.15) is 5.10 Å². The molecule has 190 valence electrons. The van der Waals surface area contributed by atoms with E-state index in [1.807, 2.05) is 18.2 Å². The summed E-state index contributed by atoms with van der Waals surface area (Å²) in [6, 6.07) is 10.7. The van der Waals surface area contributed by atoms with Gasteiger partial charge in [0.25, 0.3) is 5.91 Å². The number of carbonyl (C=O) groups is 2. The Labute approximate surface area is 219 Å². The summed E-state index contributed by atoms with van der Waals surface area (Å²) in [7, 11) is 3.09. The zero-order valence-electron chi connectivity index (χ0n) is 20.0. The fourth-order valence-corrected chi connectivity index (χ4v) is 4.75. The van der Waals surface area contributed by atoms with E-state index in [9.17, 15) is 9.59 Å². The number of nitrogens with zero attached hydrogens (tertiary/aromatic N) is 3. The van der Waals surface area contributed by atoms with Crippen LogP contribution in [0.1, 0.15) is 28.9 Å². The Morgan fingerprint density at radius 1 is 1.17 bits per heavy atom. The maximum Gasteiger partial charge on any atom is 0.274 e. The molecule has 0 saturated carbocycles. The molecule has 3 heterocycles. The summed E-state index contributed by atoms with van der Waals surface area (Å²) in [6.07, 6.45) is 2.42. The number of nitrogens with one attached hydrogen (secondary N) is 2. The van der Waals surface area contributed by atoms with E-state index in [0.717, 1.165) is 5.56 Å². The van der Waals surface area contributed by atoms with Gasteiger partial charge in [-0.15, -0.1) is 0 Å². The van der Waals surface area contributed by atoms with E-state index in [4.69, 9.17) is 32.7 Å². The highest BCUT2D eigenvalue weighted by atomic mass is 35.5. The molecule has 1 fully saturated rings. The molecule has 0 bridgehead atoms. The van der Waals surface area contributed by atoms with Crippen LogP contribution in [0.25, 0.3) is 11.3 Å². The molecule has 0 atom stereocenters. The first-order valence-corrected chi connectivity index (χ1v) is 12.2. The Kier molecular flexibility index (Phi) is 8.13. The molecule has 11 heteroatoms. The summed E-state index contributed by atoms with van der Waals surface area (Å²) in [6.45, 7) is 1.44. The molecule has 3 aromatic rings. The quantitative estimate of drug-likeness (QED) is 0.455. The number of aromatic amines is 1. The zero-order valence-corrected chi connectivity index (χ0v) is 21.5. The van der Waals surface area contributed by atoms with Crippen LogP contribution in [0.3, 0.4) is 0 Å². The number of likely N-dealkylation sites (tertiary alicyclic amines) is 1. The molecule has 9 nitrogen and oxygen atoms in total. The van der Waals surface area contributed by atoms with Gasteiger partial charge in [0.1, 0.15) is 0 Å². The Bertz CT molecular complexity index is 1240. The lowest BCUT2D eigenvalue weighted by molar-refractivity contribution is -0.137. The number of H-pyrrole nitrogens is 1. The fourth-order valence-electron chi connectivity index (χ4n) is 4.34. The van der Waals surface area contributed by atoms with E-state index in [0.29, 0.717) is 59.7 Å². The highest BCUT2D eigenvalue weighted by Crippen LogP contribution is 2.34. The second-order valence-electron chi connectivity index (χ2n) is 8.69. The monoisotopic (exact) mass is 531 g/mol. The van der Waals surface area contributed by atoms with Crippen LogP contribution < -0.4 is 10.1 Å². The first kappa shape index (κ1) is 25.9. The summed E-state index contributed by atoms with van der Waals surface area (Å²) >= 11 is 12.3. The van der Waals surface area contributed by atoms with Crippen molar-refractivity contribution in [3.8, 4) is 17.1 Å². The average Bonchev–Trinajstić information content (AvgIpc) is 3.38. The van der Waals surface area contributed by atoms with Crippen molar-refractivity contribution < 1.29 is 19.1 Å². The molecular weight excluding hydrogens is 505 g/mol. The first-order chi connectivity index (χ1) is 17.3. The van der Waals surface area contributed by atoms with Crippen molar-refractivity contribution >= 4 is 35.0 Å². The van der Waals surface area contributed by atoms with Gasteiger partial charge in [0.15, 0.2) is 5.69 Å². The Hall–Kier alpha value is -3.14. The molecule has 1 aromatic carbocycles. The topological polar surface area (TPSA) is 109 Å². The summed E-state index contributed by atoms with van der Waals surface area (Å²) in [5, 5.41) is 11.1. The number of halogens is 2. The molecule has 1 aliphatic rings. The van der Waals surface area contributed by atoms with Crippen molar-refractivity contribution in [1.82, 2.24) is 25.4 Å². The minimum absolute atomic E-state index is 0.0974. The van der Waals surface area contributed by atoms with Gasteiger partial charge in [-0.05, 0) is 36.6 Å². The number of aromatic nitrogens is 3. The van der Waals surface area contributed by atoms with E-state index in [1.165, 1.54) is 13.3 Å². The maximum atomic E-state index is 13.2. The average molecular weight is 532 g/mol. The lowest BCUT2D eigenvalue weighted by atomic mass is 9.78. The van der Waals surface area contributed by atoms with Gasteiger partial charge in [-0.1, -0.05) is 35.3 Å². The van der Waals surface area contributed by atoms with Crippen molar-refractivity contribution in [2.75, 3.05) is 33.9 Å². The smallest absolute Gasteiger partial charge is 0.274 e. The molecule has 0 aliphatic carbocycles. The first-order valence-electron chi connectivity index (χ1n) is 11.4. The van der Waals surface area contributed by atoms with E-state index in [1.54, 1.807) is 30.2 Å². The predicted octanol–water partition coefficient (Wildman–Crippen LogP) is 3.97. The van der Waals surface area contributed by atoms with Crippen LogP contribution in [0, 0.1) is 5.41 Å². The van der Waals surface area contributed by atoms with Gasteiger partial charge in [0.05, 0.1) is 36.0 Å². The minimum Gasteiger partial charge on any atom is -0.481 e. The van der Waals surface area contributed by atoms with Crippen LogP contribution in [0.5, 0.6) is 5.88 Å². The number of piperidine rings is 1. The maximum absolute atomic E-state index is 13.2. The van der Waals surface area contributed by atoms with Crippen LogP contribution >= 0.6 is 23.2 Å². The summed E-state index contributed by atoms with van der Waals surface area (Å²) in [4.78, 5) is 32.1. The minimum atomic E-state index is -0.720. The SMILES string of the molecule is COCC1(C(=O)NCc2cccc(Cl)c2)CCN(C(=O)c2cc(-c3cc(OC)ncc3Cl)[nH]n2)CC1. The normalized spacial score (nSPS) is 14.9. The fraction of sp³-hybridized carbons (Fsp3) is 0.360. The molecule has 4 rings (SSSR count). The molecule has 0 unspecified atom stereocenters. The summed E-state index contributed by atoms with van der Waals surface area (Å²) < 4.78 is 10.6. The van der Waals surface area contributed by atoms with E-state index < -0.39 is 5.41 Å². The van der Waals surface area contributed by atoms with Crippen LogP contribution in [0.15, 0.2) is 42.6 Å². The summed E-state index contributed by atoms with van der Waals surface area (Å²) in [5.41, 5.74) is 1.67. The highest BCUT2D eigenvalue weighted by molar-refractivity contribution is 6.33. The van der Waals surface area contributed by atoms with Gasteiger partial charge in [-0.25, -0.2) is 4.98 Å². The Morgan fingerprint density at radius 2 is 1.94 bits per heavy atom.